The van der Waals surface area contributed by atoms with Gasteiger partial charge in [0.25, 0.3) is 0 Å². The van der Waals surface area contributed by atoms with Crippen molar-refractivity contribution in [3.63, 3.8) is 0 Å². The van der Waals surface area contributed by atoms with E-state index >= 15 is 0 Å². The monoisotopic (exact) mass is 217 g/mol. The van der Waals surface area contributed by atoms with E-state index in [1.54, 1.807) is 21.0 Å². The molecule has 6 nitrogen and oxygen atoms in total. The molecule has 1 atom stereocenters. The van der Waals surface area contributed by atoms with Crippen LogP contribution < -0.4 is 16.0 Å². The van der Waals surface area contributed by atoms with Crippen molar-refractivity contribution in [3.05, 3.63) is 0 Å². The molecule has 3 amide bonds. The molecule has 0 heterocycles. The largest absolute Gasteiger partial charge is 0.383 e. The zero-order valence-electron chi connectivity index (χ0n) is 9.42. The van der Waals surface area contributed by atoms with Crippen molar-refractivity contribution in [3.8, 4) is 0 Å². The Morgan fingerprint density at radius 3 is 2.60 bits per heavy atom. The molecule has 15 heavy (non-hydrogen) atoms. The van der Waals surface area contributed by atoms with E-state index in [2.05, 4.69) is 16.0 Å². The molecule has 3 N–H and O–H groups in total. The van der Waals surface area contributed by atoms with Gasteiger partial charge in [-0.05, 0) is 13.8 Å². The van der Waals surface area contributed by atoms with Crippen molar-refractivity contribution in [2.24, 2.45) is 0 Å². The van der Waals surface area contributed by atoms with Crippen LogP contribution in [0.1, 0.15) is 13.8 Å². The van der Waals surface area contributed by atoms with Crippen LogP contribution in [-0.2, 0) is 9.53 Å². The maximum absolute atomic E-state index is 11.3. The van der Waals surface area contributed by atoms with Crippen LogP contribution in [0.3, 0.4) is 0 Å². The van der Waals surface area contributed by atoms with Gasteiger partial charge >= 0.3 is 6.03 Å². The number of hydrogen-bond donors (Lipinski definition) is 3. The summed E-state index contributed by atoms with van der Waals surface area (Å²) in [5.41, 5.74) is 0. The van der Waals surface area contributed by atoms with Crippen LogP contribution in [0, 0.1) is 0 Å². The zero-order chi connectivity index (χ0) is 11.7. The van der Waals surface area contributed by atoms with Crippen molar-refractivity contribution in [1.29, 1.82) is 0 Å². The van der Waals surface area contributed by atoms with E-state index in [4.69, 9.17) is 4.74 Å². The van der Waals surface area contributed by atoms with E-state index in [9.17, 15) is 9.59 Å². The number of nitrogens with one attached hydrogen (secondary N) is 3. The van der Waals surface area contributed by atoms with Gasteiger partial charge in [-0.15, -0.1) is 0 Å². The van der Waals surface area contributed by atoms with E-state index in [1.165, 1.54) is 0 Å². The fourth-order valence-electron chi connectivity index (χ4n) is 0.895. The third kappa shape index (κ3) is 6.87. The summed E-state index contributed by atoms with van der Waals surface area (Å²) in [7, 11) is 1.58. The van der Waals surface area contributed by atoms with Gasteiger partial charge in [-0.25, -0.2) is 4.79 Å². The first-order valence-corrected chi connectivity index (χ1v) is 4.92. The lowest BCUT2D eigenvalue weighted by molar-refractivity contribution is -0.121. The van der Waals surface area contributed by atoms with Gasteiger partial charge in [0.15, 0.2) is 0 Å². The SMILES string of the molecule is CCNC(=O)NC(=O)C(C)NCCOC. The summed E-state index contributed by atoms with van der Waals surface area (Å²) in [5.74, 6) is -0.350. The van der Waals surface area contributed by atoms with Crippen molar-refractivity contribution >= 4 is 11.9 Å². The first kappa shape index (κ1) is 13.9. The Kier molecular flexibility index (Phi) is 7.57. The van der Waals surface area contributed by atoms with Crippen molar-refractivity contribution in [2.75, 3.05) is 26.8 Å². The normalized spacial score (nSPS) is 11.9. The topological polar surface area (TPSA) is 79.5 Å². The average Bonchev–Trinajstić information content (AvgIpc) is 2.18. The number of carbonyl (C=O) groups is 2. The fourth-order valence-corrected chi connectivity index (χ4v) is 0.895. The standard InChI is InChI=1S/C9H19N3O3/c1-4-10-9(14)12-8(13)7(2)11-5-6-15-3/h7,11H,4-6H2,1-3H3,(H2,10,12,13,14). The van der Waals surface area contributed by atoms with E-state index in [0.717, 1.165) is 0 Å². The molecule has 6 heteroatoms. The first-order chi connectivity index (χ1) is 7.11. The lowest BCUT2D eigenvalue weighted by Gasteiger charge is -2.12. The molecule has 0 aliphatic rings. The Hall–Kier alpha value is -1.14. The van der Waals surface area contributed by atoms with Crippen molar-refractivity contribution in [1.82, 2.24) is 16.0 Å². The molecule has 0 aliphatic heterocycles. The van der Waals surface area contributed by atoms with Crippen LogP contribution in [0.25, 0.3) is 0 Å². The van der Waals surface area contributed by atoms with Gasteiger partial charge in [0, 0.05) is 20.2 Å². The summed E-state index contributed by atoms with van der Waals surface area (Å²) in [4.78, 5) is 22.3. The second-order valence-corrected chi connectivity index (χ2v) is 3.02. The van der Waals surface area contributed by atoms with Crippen LogP contribution in [0.4, 0.5) is 4.79 Å². The summed E-state index contributed by atoms with van der Waals surface area (Å²) in [6.07, 6.45) is 0. The summed E-state index contributed by atoms with van der Waals surface area (Å²) >= 11 is 0. The molecular formula is C9H19N3O3. The van der Waals surface area contributed by atoms with Crippen molar-refractivity contribution in [2.45, 2.75) is 19.9 Å². The molecule has 1 unspecified atom stereocenters. The summed E-state index contributed by atoms with van der Waals surface area (Å²) in [6, 6.07) is -0.884. The molecule has 0 rings (SSSR count). The number of carbonyl (C=O) groups excluding carboxylic acids is 2. The Morgan fingerprint density at radius 2 is 2.07 bits per heavy atom. The number of hydrogen-bond acceptors (Lipinski definition) is 4. The third-order valence-electron chi connectivity index (χ3n) is 1.72. The third-order valence-corrected chi connectivity index (χ3v) is 1.72. The minimum atomic E-state index is -0.470. The first-order valence-electron chi connectivity index (χ1n) is 4.92. The van der Waals surface area contributed by atoms with E-state index in [0.29, 0.717) is 19.7 Å². The maximum Gasteiger partial charge on any atom is 0.321 e. The number of methoxy groups -OCH3 is 1. The van der Waals surface area contributed by atoms with Gasteiger partial charge in [0.1, 0.15) is 0 Å². The van der Waals surface area contributed by atoms with Crippen LogP contribution in [-0.4, -0.2) is 44.8 Å². The molecule has 0 radical (unpaired) electrons. The molecule has 0 spiro atoms. The van der Waals surface area contributed by atoms with Crippen LogP contribution in [0.2, 0.25) is 0 Å². The predicted octanol–water partition coefficient (Wildman–Crippen LogP) is -0.543. The Labute approximate surface area is 89.7 Å². The quantitative estimate of drug-likeness (QED) is 0.522. The molecule has 0 bridgehead atoms. The molecule has 0 aromatic rings. The molecule has 0 saturated carbocycles. The highest BCUT2D eigenvalue weighted by Gasteiger charge is 2.13. The maximum atomic E-state index is 11.3. The van der Waals surface area contributed by atoms with E-state index in [-0.39, 0.29) is 5.91 Å². The highest BCUT2D eigenvalue weighted by atomic mass is 16.5. The molecule has 0 fully saturated rings. The average molecular weight is 217 g/mol. The number of amides is 3. The second-order valence-electron chi connectivity index (χ2n) is 3.02. The van der Waals surface area contributed by atoms with Crippen molar-refractivity contribution < 1.29 is 14.3 Å². The highest BCUT2D eigenvalue weighted by Crippen LogP contribution is 1.81. The second kappa shape index (κ2) is 8.19. The molecule has 0 saturated heterocycles. The van der Waals surface area contributed by atoms with Gasteiger partial charge in [-0.1, -0.05) is 0 Å². The molecule has 0 aliphatic carbocycles. The van der Waals surface area contributed by atoms with Crippen LogP contribution >= 0.6 is 0 Å². The molecule has 0 aromatic carbocycles. The van der Waals surface area contributed by atoms with Gasteiger partial charge < -0.3 is 15.4 Å². The summed E-state index contributed by atoms with van der Waals surface area (Å²) in [6.45, 7) is 5.05. The Morgan fingerprint density at radius 1 is 1.40 bits per heavy atom. The van der Waals surface area contributed by atoms with Crippen LogP contribution in [0.5, 0.6) is 0 Å². The number of rotatable bonds is 6. The smallest absolute Gasteiger partial charge is 0.321 e. The minimum Gasteiger partial charge on any atom is -0.383 e. The fraction of sp³-hybridized carbons (Fsp3) is 0.778. The van der Waals surface area contributed by atoms with Gasteiger partial charge in [0.2, 0.25) is 5.91 Å². The summed E-state index contributed by atoms with van der Waals surface area (Å²) in [5, 5.41) is 7.60. The summed E-state index contributed by atoms with van der Waals surface area (Å²) < 4.78 is 4.82. The lowest BCUT2D eigenvalue weighted by Crippen LogP contribution is -2.48. The Bertz CT molecular complexity index is 209. The number of imide groups is 1. The van der Waals surface area contributed by atoms with Gasteiger partial charge in [-0.3, -0.25) is 10.1 Å². The predicted molar refractivity (Wildman–Crippen MR) is 56.6 cm³/mol. The Balaban J connectivity index is 3.73. The minimum absolute atomic E-state index is 0.350. The molecule has 88 valence electrons. The number of ether oxygens (including phenoxy) is 1. The van der Waals surface area contributed by atoms with E-state index < -0.39 is 12.1 Å². The highest BCUT2D eigenvalue weighted by molar-refractivity contribution is 5.96. The molecule has 0 aromatic heterocycles. The lowest BCUT2D eigenvalue weighted by atomic mass is 10.3. The molecular weight excluding hydrogens is 198 g/mol. The number of urea groups is 1. The van der Waals surface area contributed by atoms with Crippen LogP contribution in [0.15, 0.2) is 0 Å². The zero-order valence-corrected chi connectivity index (χ0v) is 9.42. The van der Waals surface area contributed by atoms with Gasteiger partial charge in [-0.2, -0.15) is 0 Å². The van der Waals surface area contributed by atoms with E-state index in [1.807, 2.05) is 0 Å². The van der Waals surface area contributed by atoms with Gasteiger partial charge in [0.05, 0.1) is 12.6 Å².